The van der Waals surface area contributed by atoms with Gasteiger partial charge in [-0.2, -0.15) is 0 Å². The first-order valence-corrected chi connectivity index (χ1v) is 11.0. The van der Waals surface area contributed by atoms with Crippen molar-refractivity contribution in [2.24, 2.45) is 0 Å². The molecule has 3 rings (SSSR count). The van der Waals surface area contributed by atoms with Crippen molar-refractivity contribution < 1.29 is 19.1 Å². The Balaban J connectivity index is 1.62. The fraction of sp³-hybridized carbons (Fsp3) is 0.520. The van der Waals surface area contributed by atoms with E-state index < -0.39 is 0 Å². The van der Waals surface area contributed by atoms with Gasteiger partial charge in [0.15, 0.2) is 17.3 Å². The second-order valence-corrected chi connectivity index (χ2v) is 9.35. The molecule has 0 N–H and O–H groups in total. The van der Waals surface area contributed by atoms with Crippen LogP contribution in [0, 0.1) is 13.8 Å². The Morgan fingerprint density at radius 3 is 2.09 bits per heavy atom. The first kappa shape index (κ1) is 23.9. The predicted molar refractivity (Wildman–Crippen MR) is 125 cm³/mol. The summed E-state index contributed by atoms with van der Waals surface area (Å²) < 4.78 is 12.8. The summed E-state index contributed by atoms with van der Waals surface area (Å²) in [4.78, 5) is 29.9. The fourth-order valence-electron chi connectivity index (χ4n) is 4.63. The van der Waals surface area contributed by atoms with Crippen LogP contribution in [0.1, 0.15) is 52.9 Å². The molecule has 7 nitrogen and oxygen atoms in total. The third kappa shape index (κ3) is 4.83. The lowest BCUT2D eigenvalue weighted by Crippen LogP contribution is -2.49. The quantitative estimate of drug-likeness (QED) is 0.642. The van der Waals surface area contributed by atoms with E-state index in [2.05, 4.69) is 30.2 Å². The summed E-state index contributed by atoms with van der Waals surface area (Å²) in [6.45, 7) is 13.4. The van der Waals surface area contributed by atoms with E-state index in [1.54, 1.807) is 32.4 Å². The number of ketones is 1. The van der Waals surface area contributed by atoms with Crippen LogP contribution < -0.4 is 9.47 Å². The number of aromatic nitrogens is 1. The van der Waals surface area contributed by atoms with Crippen molar-refractivity contribution in [2.75, 3.05) is 46.9 Å². The maximum Gasteiger partial charge on any atom is 0.254 e. The van der Waals surface area contributed by atoms with Gasteiger partial charge in [0, 0.05) is 54.2 Å². The number of hydrogen-bond donors (Lipinski definition) is 0. The average molecular weight is 442 g/mol. The van der Waals surface area contributed by atoms with Crippen LogP contribution in [-0.2, 0) is 5.54 Å². The van der Waals surface area contributed by atoms with E-state index in [9.17, 15) is 9.59 Å². The van der Waals surface area contributed by atoms with E-state index in [-0.39, 0.29) is 17.2 Å². The molecule has 0 atom stereocenters. The van der Waals surface area contributed by atoms with Crippen molar-refractivity contribution in [3.63, 3.8) is 0 Å². The summed E-state index contributed by atoms with van der Waals surface area (Å²) in [5.74, 6) is 1.23. The SMILES string of the molecule is COc1ccc(C(=O)N2CCN(CC(=O)c3cc(C)n(C(C)(C)C)c3C)CC2)cc1OC. The summed E-state index contributed by atoms with van der Waals surface area (Å²) in [6, 6.07) is 7.21. The van der Waals surface area contributed by atoms with Gasteiger partial charge in [0.25, 0.3) is 5.91 Å². The number of ether oxygens (including phenoxy) is 2. The third-order valence-corrected chi connectivity index (χ3v) is 6.06. The fourth-order valence-corrected chi connectivity index (χ4v) is 4.63. The monoisotopic (exact) mass is 441 g/mol. The standard InChI is InChI=1S/C25H35N3O4/c1-17-14-20(18(2)28(17)25(3,4)5)21(29)16-26-10-12-27(13-11-26)24(30)19-8-9-22(31-6)23(15-19)32-7/h8-9,14-15H,10-13,16H2,1-7H3. The Morgan fingerprint density at radius 2 is 1.56 bits per heavy atom. The molecule has 7 heteroatoms. The second-order valence-electron chi connectivity index (χ2n) is 9.35. The highest BCUT2D eigenvalue weighted by Crippen LogP contribution is 2.28. The minimum Gasteiger partial charge on any atom is -0.493 e. The lowest BCUT2D eigenvalue weighted by molar-refractivity contribution is 0.0624. The molecule has 1 aliphatic rings. The first-order valence-electron chi connectivity index (χ1n) is 11.0. The molecule has 32 heavy (non-hydrogen) atoms. The molecule has 1 aliphatic heterocycles. The highest BCUT2D eigenvalue weighted by molar-refractivity contribution is 5.99. The van der Waals surface area contributed by atoms with Gasteiger partial charge in [-0.3, -0.25) is 14.5 Å². The van der Waals surface area contributed by atoms with Gasteiger partial charge < -0.3 is 18.9 Å². The van der Waals surface area contributed by atoms with E-state index in [0.717, 1.165) is 17.0 Å². The van der Waals surface area contributed by atoms with Gasteiger partial charge in [-0.25, -0.2) is 0 Å². The molecule has 0 unspecified atom stereocenters. The normalized spacial score (nSPS) is 15.0. The van der Waals surface area contributed by atoms with Gasteiger partial charge in [-0.1, -0.05) is 0 Å². The van der Waals surface area contributed by atoms with Crippen LogP contribution in [0.2, 0.25) is 0 Å². The zero-order valence-electron chi connectivity index (χ0n) is 20.3. The van der Waals surface area contributed by atoms with Crippen LogP contribution in [-0.4, -0.2) is 73.0 Å². The molecule has 0 spiro atoms. The Labute approximate surface area is 190 Å². The van der Waals surface area contributed by atoms with Crippen molar-refractivity contribution in [1.82, 2.24) is 14.4 Å². The number of methoxy groups -OCH3 is 2. The number of carbonyl (C=O) groups excluding carboxylic acids is 2. The zero-order valence-corrected chi connectivity index (χ0v) is 20.3. The van der Waals surface area contributed by atoms with Crippen LogP contribution in [0.25, 0.3) is 0 Å². The molecule has 0 saturated carbocycles. The molecule has 174 valence electrons. The van der Waals surface area contributed by atoms with Gasteiger partial charge in [0.1, 0.15) is 0 Å². The van der Waals surface area contributed by atoms with E-state index in [0.29, 0.717) is 49.8 Å². The number of piperazine rings is 1. The molecule has 2 aromatic rings. The van der Waals surface area contributed by atoms with Crippen molar-refractivity contribution in [3.05, 3.63) is 46.8 Å². The topological polar surface area (TPSA) is 64.0 Å². The third-order valence-electron chi connectivity index (χ3n) is 6.06. The van der Waals surface area contributed by atoms with Crippen LogP contribution >= 0.6 is 0 Å². The molecule has 1 aromatic heterocycles. The van der Waals surface area contributed by atoms with E-state index in [1.165, 1.54) is 0 Å². The van der Waals surface area contributed by atoms with Gasteiger partial charge in [0.2, 0.25) is 0 Å². The Kier molecular flexibility index (Phi) is 6.98. The van der Waals surface area contributed by atoms with Crippen LogP contribution in [0.3, 0.4) is 0 Å². The smallest absolute Gasteiger partial charge is 0.254 e. The Hall–Kier alpha value is -2.80. The van der Waals surface area contributed by atoms with Gasteiger partial charge in [-0.15, -0.1) is 0 Å². The van der Waals surface area contributed by atoms with Crippen molar-refractivity contribution >= 4 is 11.7 Å². The van der Waals surface area contributed by atoms with E-state index in [1.807, 2.05) is 24.8 Å². The van der Waals surface area contributed by atoms with Crippen molar-refractivity contribution in [3.8, 4) is 11.5 Å². The highest BCUT2D eigenvalue weighted by atomic mass is 16.5. The lowest BCUT2D eigenvalue weighted by Gasteiger charge is -2.34. The van der Waals surface area contributed by atoms with Gasteiger partial charge in [-0.05, 0) is 58.9 Å². The number of aryl methyl sites for hydroxylation is 1. The number of hydrogen-bond acceptors (Lipinski definition) is 5. The molecule has 1 fully saturated rings. The molecule has 0 radical (unpaired) electrons. The molecule has 1 saturated heterocycles. The molecular weight excluding hydrogens is 406 g/mol. The number of carbonyl (C=O) groups is 2. The van der Waals surface area contributed by atoms with Crippen molar-refractivity contribution in [2.45, 2.75) is 40.2 Å². The summed E-state index contributed by atoms with van der Waals surface area (Å²) in [5, 5.41) is 0. The molecule has 2 heterocycles. The molecule has 1 amide bonds. The summed E-state index contributed by atoms with van der Waals surface area (Å²) in [7, 11) is 3.13. The molecule has 0 aliphatic carbocycles. The molecule has 1 aromatic carbocycles. The molecular formula is C25H35N3O4. The maximum atomic E-state index is 13.0. The number of amides is 1. The van der Waals surface area contributed by atoms with E-state index >= 15 is 0 Å². The van der Waals surface area contributed by atoms with Crippen LogP contribution in [0.5, 0.6) is 11.5 Å². The summed E-state index contributed by atoms with van der Waals surface area (Å²) in [6.07, 6.45) is 0. The number of nitrogens with zero attached hydrogens (tertiary/aromatic N) is 3. The molecule has 0 bridgehead atoms. The highest BCUT2D eigenvalue weighted by Gasteiger charge is 2.27. The van der Waals surface area contributed by atoms with Crippen LogP contribution in [0.15, 0.2) is 24.3 Å². The second kappa shape index (κ2) is 9.36. The van der Waals surface area contributed by atoms with Crippen molar-refractivity contribution in [1.29, 1.82) is 0 Å². The predicted octanol–water partition coefficient (Wildman–Crippen LogP) is 3.52. The Bertz CT molecular complexity index is 995. The number of Topliss-reactive ketones (excluding diaryl/α,β-unsaturated/α-hetero) is 1. The minimum absolute atomic E-state index is 0.0364. The summed E-state index contributed by atoms with van der Waals surface area (Å²) in [5.41, 5.74) is 3.41. The number of rotatable bonds is 6. The summed E-state index contributed by atoms with van der Waals surface area (Å²) >= 11 is 0. The van der Waals surface area contributed by atoms with E-state index in [4.69, 9.17) is 9.47 Å². The zero-order chi connectivity index (χ0) is 23.6. The number of benzene rings is 1. The van der Waals surface area contributed by atoms with Crippen LogP contribution in [0.4, 0.5) is 0 Å². The minimum atomic E-state index is -0.0666. The van der Waals surface area contributed by atoms with Gasteiger partial charge in [0.05, 0.1) is 20.8 Å². The van der Waals surface area contributed by atoms with Gasteiger partial charge >= 0.3 is 0 Å². The first-order chi connectivity index (χ1) is 15.1. The largest absolute Gasteiger partial charge is 0.493 e. The average Bonchev–Trinajstić information content (AvgIpc) is 3.07. The Morgan fingerprint density at radius 1 is 0.938 bits per heavy atom. The maximum absolute atomic E-state index is 13.0. The lowest BCUT2D eigenvalue weighted by atomic mass is 10.1.